The van der Waals surface area contributed by atoms with Gasteiger partial charge in [-0.25, -0.2) is 4.79 Å². The minimum absolute atomic E-state index is 0.000678. The Morgan fingerprint density at radius 3 is 1.40 bits per heavy atom. The highest BCUT2D eigenvalue weighted by Gasteiger charge is 2.45. The van der Waals surface area contributed by atoms with Crippen LogP contribution in [0.25, 0.3) is 0 Å². The van der Waals surface area contributed by atoms with Crippen molar-refractivity contribution in [3.05, 3.63) is 29.3 Å². The molecule has 1 saturated heterocycles. The van der Waals surface area contributed by atoms with Crippen LogP contribution >= 0.6 is 0 Å². The number of amides is 4. The quantitative estimate of drug-likeness (QED) is 0.0327. The van der Waals surface area contributed by atoms with E-state index in [4.69, 9.17) is 61.9 Å². The second-order valence-corrected chi connectivity index (χ2v) is 13.8. The van der Waals surface area contributed by atoms with Crippen LogP contribution in [-0.4, -0.2) is 216 Å². The summed E-state index contributed by atoms with van der Waals surface area (Å²) in [6.07, 6.45) is -0.535. The number of aliphatic carboxylic acids is 1. The lowest BCUT2D eigenvalue weighted by Gasteiger charge is -2.27. The Balaban J connectivity index is 0.961. The summed E-state index contributed by atoms with van der Waals surface area (Å²) in [5.41, 5.74) is 0.873. The number of carboxylic acids is 1. The summed E-state index contributed by atoms with van der Waals surface area (Å²) >= 11 is 0. The number of ketones is 1. The molecule has 1 aromatic rings. The molecule has 3 N–H and O–H groups in total. The molecule has 1 aromatic carbocycles. The highest BCUT2D eigenvalue weighted by molar-refractivity contribution is 6.32. The number of benzene rings is 1. The molecule has 3 rings (SSSR count). The lowest BCUT2D eigenvalue weighted by molar-refractivity contribution is -0.151. The van der Waals surface area contributed by atoms with Gasteiger partial charge in [0.25, 0.3) is 11.8 Å². The fourth-order valence-electron chi connectivity index (χ4n) is 5.83. The molecule has 1 unspecified atom stereocenters. The molecular weight excluding hydrogens is 866 g/mol. The molecule has 2 aliphatic rings. The molecule has 2 aliphatic heterocycles. The van der Waals surface area contributed by atoms with Gasteiger partial charge in [0.1, 0.15) is 12.6 Å². The summed E-state index contributed by atoms with van der Waals surface area (Å²) < 4.78 is 64.9. The molecular formula is C42H63N3O20. The van der Waals surface area contributed by atoms with E-state index in [2.05, 4.69) is 10.6 Å². The Labute approximate surface area is 377 Å². The number of Topliss-reactive ketones (excluding diaryl/α,β-unsaturated/α-hetero) is 1. The zero-order valence-electron chi connectivity index (χ0n) is 36.8. The van der Waals surface area contributed by atoms with Crippen molar-refractivity contribution in [1.82, 2.24) is 10.2 Å². The molecule has 65 heavy (non-hydrogen) atoms. The molecule has 366 valence electrons. The normalized spacial score (nSPS) is 14.8. The third-order valence-electron chi connectivity index (χ3n) is 9.04. The van der Waals surface area contributed by atoms with E-state index in [1.54, 1.807) is 18.2 Å². The molecule has 0 aliphatic carbocycles. The highest BCUT2D eigenvalue weighted by Crippen LogP contribution is 2.32. The first-order valence-corrected chi connectivity index (χ1v) is 21.6. The largest absolute Gasteiger partial charge is 0.476 e. The number of carbonyl (C=O) groups excluding carboxylic acids is 6. The minimum Gasteiger partial charge on any atom is -0.476 e. The van der Waals surface area contributed by atoms with Crippen molar-refractivity contribution in [2.45, 2.75) is 31.7 Å². The number of fused-ring (bicyclic) bond motifs is 1. The van der Waals surface area contributed by atoms with Crippen LogP contribution in [-0.2, 0) is 80.8 Å². The monoisotopic (exact) mass is 929 g/mol. The number of imide groups is 2. The lowest BCUT2D eigenvalue weighted by Crippen LogP contribution is -2.54. The number of rotatable bonds is 42. The zero-order chi connectivity index (χ0) is 46.7. The van der Waals surface area contributed by atoms with Gasteiger partial charge >= 0.3 is 11.9 Å². The first kappa shape index (κ1) is 54.8. The van der Waals surface area contributed by atoms with E-state index >= 15 is 0 Å². The number of hydrogen-bond acceptors (Lipinski definition) is 20. The summed E-state index contributed by atoms with van der Waals surface area (Å²) in [5, 5.41) is 13.8. The summed E-state index contributed by atoms with van der Waals surface area (Å²) in [6, 6.07) is 3.87. The van der Waals surface area contributed by atoms with E-state index < -0.39 is 53.8 Å². The lowest BCUT2D eigenvalue weighted by atomic mass is 10.0. The number of esters is 1. The molecule has 1 atom stereocenters. The van der Waals surface area contributed by atoms with Crippen LogP contribution < -0.4 is 10.6 Å². The predicted octanol–water partition coefficient (Wildman–Crippen LogP) is -0.341. The number of nitrogens with one attached hydrogen (secondary N) is 2. The van der Waals surface area contributed by atoms with E-state index in [1.807, 2.05) is 0 Å². The van der Waals surface area contributed by atoms with Crippen LogP contribution in [0.15, 0.2) is 18.2 Å². The Kier molecular flexibility index (Phi) is 29.3. The van der Waals surface area contributed by atoms with E-state index in [-0.39, 0.29) is 43.6 Å². The maximum absolute atomic E-state index is 13.2. The van der Waals surface area contributed by atoms with Crippen molar-refractivity contribution in [2.24, 2.45) is 0 Å². The first-order chi connectivity index (χ1) is 31.7. The number of hydrogen-bond donors (Lipinski definition) is 3. The first-order valence-electron chi connectivity index (χ1n) is 21.6. The second kappa shape index (κ2) is 34.8. The predicted molar refractivity (Wildman–Crippen MR) is 223 cm³/mol. The average molecular weight is 930 g/mol. The molecule has 23 heteroatoms. The van der Waals surface area contributed by atoms with Gasteiger partial charge in [-0.2, -0.15) is 0 Å². The maximum Gasteiger partial charge on any atom is 0.372 e. The van der Waals surface area contributed by atoms with Crippen LogP contribution in [0, 0.1) is 0 Å². The molecule has 4 amide bonds. The average Bonchev–Trinajstić information content (AvgIpc) is 3.55. The van der Waals surface area contributed by atoms with E-state index in [0.717, 1.165) is 4.90 Å². The Morgan fingerprint density at radius 1 is 0.569 bits per heavy atom. The second-order valence-electron chi connectivity index (χ2n) is 13.8. The van der Waals surface area contributed by atoms with Crippen LogP contribution in [0.3, 0.4) is 0 Å². The van der Waals surface area contributed by atoms with Gasteiger partial charge in [0.15, 0.2) is 0 Å². The molecule has 0 spiro atoms. The summed E-state index contributed by atoms with van der Waals surface area (Å²) in [7, 11) is 0. The number of nitrogens with zero attached hydrogens (tertiary/aromatic N) is 1. The summed E-state index contributed by atoms with van der Waals surface area (Å²) in [6.45, 7) is 8.98. The molecule has 2 heterocycles. The van der Waals surface area contributed by atoms with Crippen molar-refractivity contribution < 1.29 is 95.5 Å². The Morgan fingerprint density at radius 2 is 0.985 bits per heavy atom. The minimum atomic E-state index is -1.57. The number of carbonyl (C=O) groups is 7. The van der Waals surface area contributed by atoms with Crippen LogP contribution in [0.1, 0.15) is 46.4 Å². The van der Waals surface area contributed by atoms with Gasteiger partial charge < -0.3 is 67.3 Å². The molecule has 0 saturated carbocycles. The smallest absolute Gasteiger partial charge is 0.372 e. The summed E-state index contributed by atoms with van der Waals surface area (Å²) in [4.78, 5) is 83.6. The van der Waals surface area contributed by atoms with Gasteiger partial charge in [-0.15, -0.1) is 0 Å². The van der Waals surface area contributed by atoms with Crippen molar-refractivity contribution in [3.63, 3.8) is 0 Å². The van der Waals surface area contributed by atoms with E-state index in [1.165, 1.54) is 0 Å². The Bertz CT molecular complexity index is 1600. The topological polar surface area (TPSA) is 278 Å². The number of anilines is 1. The van der Waals surface area contributed by atoms with Crippen molar-refractivity contribution >= 4 is 47.0 Å². The van der Waals surface area contributed by atoms with Gasteiger partial charge in [-0.05, 0) is 18.6 Å². The Hall–Kier alpha value is -4.53. The van der Waals surface area contributed by atoms with Crippen LogP contribution in [0.4, 0.5) is 5.69 Å². The van der Waals surface area contributed by atoms with E-state index in [0.29, 0.717) is 151 Å². The van der Waals surface area contributed by atoms with Gasteiger partial charge in [0.05, 0.1) is 163 Å². The maximum atomic E-state index is 13.2. The molecule has 0 bridgehead atoms. The zero-order valence-corrected chi connectivity index (χ0v) is 36.8. The van der Waals surface area contributed by atoms with Gasteiger partial charge in [0.2, 0.25) is 17.6 Å². The number of piperidine rings is 1. The van der Waals surface area contributed by atoms with Gasteiger partial charge in [-0.1, -0.05) is 6.07 Å². The SMILES string of the molecule is O=C1CCC(N2C(=O)c3cccc(NCCOCCOCCOCCOCCOCCOCCOCCOCCOCCOCCOCCOC(=O)CCC(=O)C(=O)O)c3C2=O)C(=O)N1. The van der Waals surface area contributed by atoms with Crippen LogP contribution in [0.5, 0.6) is 0 Å². The van der Waals surface area contributed by atoms with Crippen molar-refractivity contribution in [2.75, 3.05) is 164 Å². The number of ether oxygens (including phenoxy) is 12. The van der Waals surface area contributed by atoms with Crippen molar-refractivity contribution in [3.8, 4) is 0 Å². The molecule has 0 aromatic heterocycles. The highest BCUT2D eigenvalue weighted by atomic mass is 16.6. The van der Waals surface area contributed by atoms with E-state index in [9.17, 15) is 33.6 Å². The molecule has 0 radical (unpaired) electrons. The molecule has 23 nitrogen and oxygen atoms in total. The van der Waals surface area contributed by atoms with Gasteiger partial charge in [-0.3, -0.25) is 39.0 Å². The fourth-order valence-corrected chi connectivity index (χ4v) is 5.83. The third kappa shape index (κ3) is 23.5. The van der Waals surface area contributed by atoms with Crippen LogP contribution in [0.2, 0.25) is 0 Å². The van der Waals surface area contributed by atoms with Crippen molar-refractivity contribution in [1.29, 1.82) is 0 Å². The molecule has 1 fully saturated rings. The standard InChI is InChI=1S/C42H63N3O20/c46-35(42(52)53)5-7-37(48)65-31-30-64-29-28-63-27-26-62-25-24-61-23-22-60-21-20-59-19-18-58-17-16-57-15-14-56-13-12-55-11-10-54-9-8-43-33-3-1-2-32-38(33)41(51)45(40(32)50)34-4-6-36(47)44-39(34)49/h1-3,34,43H,4-31H2,(H,52,53)(H,44,47,49). The fraction of sp³-hybridized carbons (Fsp3) is 0.690. The summed E-state index contributed by atoms with van der Waals surface area (Å²) in [5.74, 6) is -5.48. The number of carboxylic acid groups (broad SMARTS) is 1. The third-order valence-corrected chi connectivity index (χ3v) is 9.04. The van der Waals surface area contributed by atoms with Gasteiger partial charge in [0, 0.05) is 25.1 Å².